The SMILES string of the molecule is CC(C)C[C@@H](N)C(=O)N1C[C@H](CO)[C@@H](O)[C@H](O)C1.CC(C)C[C@H](N)C(=O)N1C[C@H](CO)[C@@H](O)[C@H](O)C1.CC[C@@H](F)[C@H]1CNC[C@@H](O)[C@@H]1O.CC[C@H](F)[C@H]1CNC[C@@H](O)[C@@H]1O.Cl.O=[N+]([O-])c1cccc(CN2C[C@H](CO)[C@@H](O)[C@H](O)C2)c1.O[C@@H]1[C@@H](CF)CNC[C@H]1O. The van der Waals surface area contributed by atoms with Gasteiger partial charge in [0, 0.05) is 139 Å². The summed E-state index contributed by atoms with van der Waals surface area (Å²) in [6.07, 6.45) is -11.2. The first kappa shape index (κ1) is 85.8. The number of nitrogens with zero attached hydrogens (tertiary/aromatic N) is 4. The summed E-state index contributed by atoms with van der Waals surface area (Å²) in [4.78, 5) is 39.2. The molecule has 6 aliphatic heterocycles. The number of rotatable bonds is 17. The van der Waals surface area contributed by atoms with E-state index in [1.165, 1.54) is 21.9 Å². The molecule has 1 aromatic rings. The smallest absolute Gasteiger partial charge is 0.269 e. The molecule has 2 amide bonds. The molecule has 6 heterocycles. The van der Waals surface area contributed by atoms with Gasteiger partial charge in [-0.3, -0.25) is 29.0 Å². The van der Waals surface area contributed by atoms with E-state index < -0.39 is 145 Å². The molecule has 22 atom stereocenters. The first-order valence-electron chi connectivity index (χ1n) is 31.3. The van der Waals surface area contributed by atoms with Gasteiger partial charge < -0.3 is 114 Å². The molecular weight excluding hydrogens is 1230 g/mol. The van der Waals surface area contributed by atoms with Crippen molar-refractivity contribution in [2.24, 2.45) is 58.8 Å². The highest BCUT2D eigenvalue weighted by Gasteiger charge is 2.41. The average molecular weight is 1340 g/mol. The van der Waals surface area contributed by atoms with Crippen molar-refractivity contribution in [1.29, 1.82) is 0 Å². The number of aliphatic hydroxyl groups is 15. The van der Waals surface area contributed by atoms with Gasteiger partial charge in [0.25, 0.3) is 5.69 Å². The van der Waals surface area contributed by atoms with Gasteiger partial charge in [-0.25, -0.2) is 8.78 Å². The molecule has 6 saturated heterocycles. The Bertz CT molecular complexity index is 2090. The lowest BCUT2D eigenvalue weighted by Crippen LogP contribution is -2.58. The summed E-state index contributed by atoms with van der Waals surface area (Å²) in [6.45, 7) is 14.3. The minimum atomic E-state index is -1.03. The summed E-state index contributed by atoms with van der Waals surface area (Å²) in [7, 11) is 0. The molecule has 28 nitrogen and oxygen atoms in total. The molecule has 0 saturated carbocycles. The Labute approximate surface area is 538 Å². The Hall–Kier alpha value is -3.20. The van der Waals surface area contributed by atoms with Crippen molar-refractivity contribution in [3.63, 3.8) is 0 Å². The molecule has 1 aromatic carbocycles. The van der Waals surface area contributed by atoms with Crippen molar-refractivity contribution in [2.75, 3.05) is 105 Å². The molecule has 0 bridgehead atoms. The third-order valence-electron chi connectivity index (χ3n) is 16.9. The second-order valence-electron chi connectivity index (χ2n) is 25.3. The lowest BCUT2D eigenvalue weighted by atomic mass is 9.89. The molecule has 0 unspecified atom stereocenters. The van der Waals surface area contributed by atoms with Crippen LogP contribution in [-0.4, -0.2) is 311 Å². The number of alkyl halides is 3. The number of nitro benzene ring substituents is 1. The van der Waals surface area contributed by atoms with E-state index in [1.807, 2.05) is 32.6 Å². The minimum Gasteiger partial charge on any atom is -0.396 e. The molecule has 22 N–H and O–H groups in total. The lowest BCUT2D eigenvalue weighted by molar-refractivity contribution is -0.384. The van der Waals surface area contributed by atoms with Crippen molar-refractivity contribution in [1.82, 2.24) is 30.7 Å². The molecule has 6 aliphatic rings. The number of hydrogen-bond donors (Lipinski definition) is 20. The molecule has 0 spiro atoms. The van der Waals surface area contributed by atoms with Gasteiger partial charge in [0.05, 0.1) is 110 Å². The lowest BCUT2D eigenvalue weighted by Gasteiger charge is -2.39. The minimum absolute atomic E-state index is 0. The normalized spacial score (nSPS) is 33.1. The number of carbonyl (C=O) groups is 2. The summed E-state index contributed by atoms with van der Waals surface area (Å²) >= 11 is 0. The van der Waals surface area contributed by atoms with Crippen LogP contribution in [0.15, 0.2) is 24.3 Å². The largest absolute Gasteiger partial charge is 0.396 e. The number of hydrogen-bond acceptors (Lipinski definition) is 25. The Balaban J connectivity index is 0.000000553. The Kier molecular flexibility index (Phi) is 41.3. The zero-order chi connectivity index (χ0) is 68.3. The van der Waals surface area contributed by atoms with Crippen molar-refractivity contribution in [3.05, 3.63) is 39.9 Å². The molecule has 6 fully saturated rings. The fourth-order valence-electron chi connectivity index (χ4n) is 11.4. The molecule has 0 aromatic heterocycles. The second-order valence-corrected chi connectivity index (χ2v) is 25.3. The van der Waals surface area contributed by atoms with Gasteiger partial charge in [-0.1, -0.05) is 53.7 Å². The number of likely N-dealkylation sites (tertiary alicyclic amines) is 3. The summed E-state index contributed by atoms with van der Waals surface area (Å²) in [5, 5.41) is 160. The van der Waals surface area contributed by atoms with Gasteiger partial charge in [0.1, 0.15) is 12.3 Å². The zero-order valence-corrected chi connectivity index (χ0v) is 54.2. The molecule has 91 heavy (non-hydrogen) atoms. The predicted octanol–water partition coefficient (Wildman–Crippen LogP) is -4.52. The monoisotopic (exact) mass is 1340 g/mol. The highest BCUT2D eigenvalue weighted by molar-refractivity contribution is 5.85. The van der Waals surface area contributed by atoms with Crippen LogP contribution in [0.2, 0.25) is 0 Å². The number of β-amino-alcohol motifs (C(OH)–C–C–N with tert-alkyl or cyclic N) is 6. The molecule has 0 radical (unpaired) electrons. The number of nitrogens with two attached hydrogens (primary N) is 2. The standard InChI is InChI=1S/C13H18N2O5.2C12H24N2O4.2C8H16FNO2.C6H12FNO2.ClH/c16-8-10-6-14(7-12(17)13(10)18)5-9-2-1-3-11(4-9)15(19)20;2*1-7(2)3-9(13)12(18)14-4-8(6-15)11(17)10(16)5-14;2*1-2-6(9)5-3-10-4-7(11)8(5)12;7-1-4-2-8-3-5(9)6(4)10;/h1-4,10,12-13,16-18H,5-8H2;2*7-11,15-17H,3-6,13H2,1-2H3;2*5-8,10-12H,2-4H2,1H3;4-6,8-10H,1-3H2;1H/t10-,12-,13-;8-,9+,10-,11-;8-,9-,10-,11-;5-,6+,7-,8-;5-,6-,7-,8-;4-,5+,6+;/m111110./s1. The number of halogens is 4. The third-order valence-corrected chi connectivity index (χ3v) is 16.9. The molecule has 7 rings (SSSR count). The average Bonchev–Trinajstić information content (AvgIpc) is 2.44. The number of aliphatic hydroxyl groups excluding tert-OH is 15. The van der Waals surface area contributed by atoms with E-state index in [1.54, 1.807) is 26.0 Å². The Morgan fingerprint density at radius 3 is 1.27 bits per heavy atom. The number of benzene rings is 1. The molecule has 534 valence electrons. The third kappa shape index (κ3) is 28.2. The van der Waals surface area contributed by atoms with Gasteiger partial charge in [0.2, 0.25) is 11.8 Å². The van der Waals surface area contributed by atoms with E-state index in [0.29, 0.717) is 89.9 Å². The fraction of sp³-hybridized carbons (Fsp3) is 0.864. The zero-order valence-electron chi connectivity index (χ0n) is 53.3. The van der Waals surface area contributed by atoms with Crippen LogP contribution >= 0.6 is 12.4 Å². The van der Waals surface area contributed by atoms with Crippen LogP contribution in [0.5, 0.6) is 0 Å². The van der Waals surface area contributed by atoms with Crippen LogP contribution in [0.3, 0.4) is 0 Å². The number of non-ortho nitro benzene ring substituents is 1. The first-order valence-corrected chi connectivity index (χ1v) is 31.3. The van der Waals surface area contributed by atoms with Crippen LogP contribution in [0, 0.1) is 57.5 Å². The van der Waals surface area contributed by atoms with Crippen LogP contribution in [0.25, 0.3) is 0 Å². The van der Waals surface area contributed by atoms with E-state index in [4.69, 9.17) is 31.9 Å². The van der Waals surface area contributed by atoms with Crippen LogP contribution in [0.4, 0.5) is 18.9 Å². The van der Waals surface area contributed by atoms with Gasteiger partial charge in [-0.15, -0.1) is 12.4 Å². The van der Waals surface area contributed by atoms with Crippen molar-refractivity contribution in [3.8, 4) is 0 Å². The highest BCUT2D eigenvalue weighted by atomic mass is 35.5. The topological polar surface area (TPSA) is 479 Å². The highest BCUT2D eigenvalue weighted by Crippen LogP contribution is 2.25. The number of nitrogens with one attached hydrogen (secondary N) is 3. The van der Waals surface area contributed by atoms with Crippen molar-refractivity contribution < 1.29 is 104 Å². The van der Waals surface area contributed by atoms with Gasteiger partial charge in [0.15, 0.2) is 0 Å². The summed E-state index contributed by atoms with van der Waals surface area (Å²) in [6, 6.07) is 5.13. The van der Waals surface area contributed by atoms with Gasteiger partial charge >= 0.3 is 0 Å². The maximum atomic E-state index is 13.1. The van der Waals surface area contributed by atoms with E-state index >= 15 is 0 Å². The second kappa shape index (κ2) is 43.8. The maximum Gasteiger partial charge on any atom is 0.269 e. The Morgan fingerprint density at radius 1 is 0.560 bits per heavy atom. The van der Waals surface area contributed by atoms with Gasteiger partial charge in [-0.2, -0.15) is 0 Å². The van der Waals surface area contributed by atoms with Crippen molar-refractivity contribution in [2.45, 2.75) is 171 Å². The van der Waals surface area contributed by atoms with Crippen LogP contribution < -0.4 is 27.4 Å². The van der Waals surface area contributed by atoms with Crippen molar-refractivity contribution >= 4 is 29.9 Å². The molecular formula is C59H111ClF3N9O19. The maximum absolute atomic E-state index is 13.1. The van der Waals surface area contributed by atoms with E-state index in [-0.39, 0.29) is 82.5 Å². The quantitative estimate of drug-likeness (QED) is 0.0516. The summed E-state index contributed by atoms with van der Waals surface area (Å²) < 4.78 is 38.3. The fourth-order valence-corrected chi connectivity index (χ4v) is 11.4. The van der Waals surface area contributed by atoms with E-state index in [2.05, 4.69) is 16.0 Å². The number of carbonyl (C=O) groups excluding carboxylic acids is 2. The van der Waals surface area contributed by atoms with Crippen LogP contribution in [0.1, 0.15) is 72.8 Å². The Morgan fingerprint density at radius 2 is 0.923 bits per heavy atom. The number of amides is 2. The first-order chi connectivity index (χ1) is 42.3. The van der Waals surface area contributed by atoms with Crippen LogP contribution in [-0.2, 0) is 16.1 Å². The van der Waals surface area contributed by atoms with E-state index in [0.717, 1.165) is 5.56 Å². The summed E-state index contributed by atoms with van der Waals surface area (Å²) in [5.41, 5.74) is 12.4. The number of piperidine rings is 6. The molecule has 0 aliphatic carbocycles. The van der Waals surface area contributed by atoms with Gasteiger partial charge in [-0.05, 0) is 43.1 Å². The number of nitro groups is 1. The van der Waals surface area contributed by atoms with E-state index in [9.17, 15) is 89.0 Å². The predicted molar refractivity (Wildman–Crippen MR) is 333 cm³/mol. The summed E-state index contributed by atoms with van der Waals surface area (Å²) in [5.74, 6) is -2.61. The molecule has 32 heteroatoms.